The summed E-state index contributed by atoms with van der Waals surface area (Å²) in [4.78, 5) is 0. The molecule has 2 aromatic carbocycles. The Labute approximate surface area is 168 Å². The van der Waals surface area contributed by atoms with Crippen LogP contribution >= 0.6 is 0 Å². The highest BCUT2D eigenvalue weighted by atomic mass is 28.2. The molecule has 3 rings (SSSR count). The average molecular weight is 375 g/mol. The topological polar surface area (TPSA) is 0 Å². The van der Waals surface area contributed by atoms with Crippen molar-refractivity contribution in [3.8, 4) is 11.1 Å². The van der Waals surface area contributed by atoms with Gasteiger partial charge in [0.25, 0.3) is 0 Å². The van der Waals surface area contributed by atoms with Gasteiger partial charge in [0.2, 0.25) is 0 Å². The monoisotopic (exact) mass is 374 g/mol. The number of fused-ring (bicyclic) bond motifs is 1. The third-order valence-corrected chi connectivity index (χ3v) is 7.28. The third-order valence-electron chi connectivity index (χ3n) is 5.93. The Bertz CT molecular complexity index is 884. The van der Waals surface area contributed by atoms with Crippen LogP contribution in [0.4, 0.5) is 0 Å². The molecule has 142 valence electrons. The van der Waals surface area contributed by atoms with Gasteiger partial charge in [0.15, 0.2) is 0 Å². The number of benzene rings is 2. The first-order valence-corrected chi connectivity index (χ1v) is 11.7. The second-order valence-electron chi connectivity index (χ2n) is 10.1. The molecule has 0 heterocycles. The molecule has 1 heteroatoms. The molecule has 1 atom stereocenters. The van der Waals surface area contributed by atoms with Gasteiger partial charge in [0.1, 0.15) is 0 Å². The SMILES string of the molecule is C[Si]C1C(C)=Cc2c1cc(C(C)(C)C)c(C)c2-c1ccc(C(C)(C)C)cc1. The Hall–Kier alpha value is -1.60. The smallest absolute Gasteiger partial charge is 0.0496 e. The molecule has 0 bridgehead atoms. The molecule has 0 aromatic heterocycles. The highest BCUT2D eigenvalue weighted by Gasteiger charge is 2.29. The van der Waals surface area contributed by atoms with Crippen molar-refractivity contribution in [3.63, 3.8) is 0 Å². The summed E-state index contributed by atoms with van der Waals surface area (Å²) in [5.41, 5.74) is 12.6. The van der Waals surface area contributed by atoms with E-state index < -0.39 is 0 Å². The van der Waals surface area contributed by atoms with Crippen LogP contribution in [0, 0.1) is 6.92 Å². The van der Waals surface area contributed by atoms with E-state index >= 15 is 0 Å². The summed E-state index contributed by atoms with van der Waals surface area (Å²) in [6.45, 7) is 20.8. The Morgan fingerprint density at radius 1 is 0.852 bits per heavy atom. The average Bonchev–Trinajstić information content (AvgIpc) is 2.87. The maximum Gasteiger partial charge on any atom is 0.0496 e. The van der Waals surface area contributed by atoms with Gasteiger partial charge in [-0.3, -0.25) is 0 Å². The van der Waals surface area contributed by atoms with E-state index in [1.807, 2.05) is 0 Å². The highest BCUT2D eigenvalue weighted by molar-refractivity contribution is 6.38. The number of allylic oxidation sites excluding steroid dienone is 1. The van der Waals surface area contributed by atoms with E-state index in [4.69, 9.17) is 0 Å². The molecule has 0 saturated carbocycles. The van der Waals surface area contributed by atoms with Crippen LogP contribution in [-0.2, 0) is 10.8 Å². The number of hydrogen-bond acceptors (Lipinski definition) is 0. The maximum absolute atomic E-state index is 2.51. The molecule has 1 aliphatic carbocycles. The van der Waals surface area contributed by atoms with Crippen LogP contribution in [0.1, 0.15) is 81.8 Å². The van der Waals surface area contributed by atoms with Gasteiger partial charge in [-0.2, -0.15) is 0 Å². The first kappa shape index (κ1) is 20.1. The summed E-state index contributed by atoms with van der Waals surface area (Å²) in [6.07, 6.45) is 2.45. The van der Waals surface area contributed by atoms with Crippen molar-refractivity contribution in [1.82, 2.24) is 0 Å². The van der Waals surface area contributed by atoms with Crippen molar-refractivity contribution in [2.24, 2.45) is 0 Å². The normalized spacial score (nSPS) is 17.1. The van der Waals surface area contributed by atoms with Crippen LogP contribution in [0.25, 0.3) is 17.2 Å². The van der Waals surface area contributed by atoms with Gasteiger partial charge in [-0.05, 0) is 69.2 Å². The molecule has 0 saturated heterocycles. The molecular formula is C26H34Si. The van der Waals surface area contributed by atoms with E-state index in [1.54, 1.807) is 5.56 Å². The lowest BCUT2D eigenvalue weighted by molar-refractivity contribution is 0.585. The molecule has 1 aliphatic rings. The summed E-state index contributed by atoms with van der Waals surface area (Å²) in [5, 5.41) is 0. The standard InChI is InChI=1S/C26H34Si/c1-16-14-20-21(24(16)27-9)15-22(26(6,7)8)17(2)23(20)18-10-12-19(13-11-18)25(3,4)5/h10-15,24H,1-9H3. The zero-order valence-electron chi connectivity index (χ0n) is 18.5. The summed E-state index contributed by atoms with van der Waals surface area (Å²) in [6, 6.07) is 11.8. The fraction of sp³-hybridized carbons (Fsp3) is 0.462. The molecule has 0 aliphatic heterocycles. The van der Waals surface area contributed by atoms with Gasteiger partial charge in [-0.15, -0.1) is 0 Å². The maximum atomic E-state index is 2.51. The molecular weight excluding hydrogens is 340 g/mol. The Morgan fingerprint density at radius 3 is 1.93 bits per heavy atom. The third kappa shape index (κ3) is 3.59. The van der Waals surface area contributed by atoms with Crippen molar-refractivity contribution in [1.29, 1.82) is 0 Å². The molecule has 0 fully saturated rings. The molecule has 0 amide bonds. The van der Waals surface area contributed by atoms with E-state index in [0.717, 1.165) is 9.52 Å². The van der Waals surface area contributed by atoms with Gasteiger partial charge >= 0.3 is 0 Å². The van der Waals surface area contributed by atoms with Crippen molar-refractivity contribution in [3.05, 3.63) is 63.7 Å². The highest BCUT2D eigenvalue weighted by Crippen LogP contribution is 2.45. The first-order chi connectivity index (χ1) is 12.4. The largest absolute Gasteiger partial charge is 0.0724 e. The Kier molecular flexibility index (Phi) is 5.05. The molecule has 1 unspecified atom stereocenters. The molecule has 0 nitrogen and oxygen atoms in total. The van der Waals surface area contributed by atoms with Crippen molar-refractivity contribution < 1.29 is 0 Å². The van der Waals surface area contributed by atoms with Crippen molar-refractivity contribution >= 4 is 15.6 Å². The van der Waals surface area contributed by atoms with Crippen molar-refractivity contribution in [2.75, 3.05) is 0 Å². The van der Waals surface area contributed by atoms with Crippen LogP contribution < -0.4 is 0 Å². The van der Waals surface area contributed by atoms with Crippen molar-refractivity contribution in [2.45, 2.75) is 78.3 Å². The number of hydrogen-bond donors (Lipinski definition) is 0. The van der Waals surface area contributed by atoms with Gasteiger partial charge in [0.05, 0.1) is 0 Å². The van der Waals surface area contributed by atoms with Gasteiger partial charge in [-0.25, -0.2) is 0 Å². The zero-order chi connectivity index (χ0) is 20.1. The molecule has 0 N–H and O–H groups in total. The second kappa shape index (κ2) is 6.78. The number of rotatable bonds is 2. The molecule has 2 radical (unpaired) electrons. The molecule has 2 aromatic rings. The van der Waals surface area contributed by atoms with Gasteiger partial charge < -0.3 is 0 Å². The van der Waals surface area contributed by atoms with Crippen LogP contribution in [0.2, 0.25) is 6.55 Å². The predicted octanol–water partition coefficient (Wildman–Crippen LogP) is 7.47. The minimum absolute atomic E-state index is 0.150. The minimum atomic E-state index is 0.150. The predicted molar refractivity (Wildman–Crippen MR) is 122 cm³/mol. The summed E-state index contributed by atoms with van der Waals surface area (Å²) in [5.74, 6) is 0. The lowest BCUT2D eigenvalue weighted by atomic mass is 9.78. The molecule has 0 spiro atoms. The fourth-order valence-electron chi connectivity index (χ4n) is 4.44. The van der Waals surface area contributed by atoms with Crippen LogP contribution in [-0.4, -0.2) is 9.52 Å². The first-order valence-electron chi connectivity index (χ1n) is 10.1. The van der Waals surface area contributed by atoms with E-state index in [2.05, 4.69) is 98.3 Å². The molecule has 27 heavy (non-hydrogen) atoms. The second-order valence-corrected chi connectivity index (χ2v) is 11.3. The Morgan fingerprint density at radius 2 is 1.44 bits per heavy atom. The van der Waals surface area contributed by atoms with E-state index in [-0.39, 0.29) is 10.8 Å². The van der Waals surface area contributed by atoms with Gasteiger partial charge in [-0.1, -0.05) is 90.1 Å². The summed E-state index contributed by atoms with van der Waals surface area (Å²) < 4.78 is 0. The summed E-state index contributed by atoms with van der Waals surface area (Å²) >= 11 is 0. The van der Waals surface area contributed by atoms with Gasteiger partial charge in [0, 0.05) is 9.52 Å². The van der Waals surface area contributed by atoms with Crippen LogP contribution in [0.5, 0.6) is 0 Å². The Balaban J connectivity index is 2.28. The lowest BCUT2D eigenvalue weighted by Gasteiger charge is -2.27. The van der Waals surface area contributed by atoms with Crippen LogP contribution in [0.15, 0.2) is 35.9 Å². The fourth-order valence-corrected chi connectivity index (χ4v) is 5.53. The van der Waals surface area contributed by atoms with E-state index in [1.165, 1.54) is 39.0 Å². The van der Waals surface area contributed by atoms with E-state index in [9.17, 15) is 0 Å². The minimum Gasteiger partial charge on any atom is -0.0724 e. The lowest BCUT2D eigenvalue weighted by Crippen LogP contribution is -2.16. The quantitative estimate of drug-likeness (QED) is 0.478. The zero-order valence-corrected chi connectivity index (χ0v) is 19.5. The van der Waals surface area contributed by atoms with Crippen LogP contribution in [0.3, 0.4) is 0 Å². The summed E-state index contributed by atoms with van der Waals surface area (Å²) in [7, 11) is 0.911. The van der Waals surface area contributed by atoms with E-state index in [0.29, 0.717) is 5.54 Å².